The predicted molar refractivity (Wildman–Crippen MR) is 90.1 cm³/mol. The second-order valence-corrected chi connectivity index (χ2v) is 9.86. The number of nitrogens with zero attached hydrogens (tertiary/aromatic N) is 1. The smallest absolute Gasteiger partial charge is 0.0695 e. The second-order valence-electron chi connectivity index (χ2n) is 9.86. The van der Waals surface area contributed by atoms with Crippen LogP contribution >= 0.6 is 0 Å². The molecule has 0 bridgehead atoms. The molecule has 0 amide bonds. The second kappa shape index (κ2) is 4.75. The van der Waals surface area contributed by atoms with Crippen molar-refractivity contribution in [2.24, 2.45) is 39.9 Å². The van der Waals surface area contributed by atoms with Crippen LogP contribution in [0.3, 0.4) is 0 Å². The van der Waals surface area contributed by atoms with Crippen LogP contribution in [0.4, 0.5) is 0 Å². The quantitative estimate of drug-likeness (QED) is 0.542. The van der Waals surface area contributed by atoms with Gasteiger partial charge in [0.2, 0.25) is 0 Å². The van der Waals surface area contributed by atoms with Gasteiger partial charge in [-0.3, -0.25) is 0 Å². The Morgan fingerprint density at radius 1 is 0.909 bits per heavy atom. The summed E-state index contributed by atoms with van der Waals surface area (Å²) in [6, 6.07) is 2.87. The molecule has 4 fully saturated rings. The van der Waals surface area contributed by atoms with E-state index in [9.17, 15) is 5.26 Å². The average molecular weight is 300 g/mol. The van der Waals surface area contributed by atoms with Gasteiger partial charge in [-0.05, 0) is 85.9 Å². The van der Waals surface area contributed by atoms with Crippen molar-refractivity contribution in [3.8, 4) is 6.07 Å². The van der Waals surface area contributed by atoms with Crippen molar-refractivity contribution >= 4 is 0 Å². The molecular formula is C21H33N. The highest BCUT2D eigenvalue weighted by molar-refractivity contribution is 5.18. The summed E-state index contributed by atoms with van der Waals surface area (Å²) in [5.41, 5.74) is 0.951. The van der Waals surface area contributed by atoms with Crippen molar-refractivity contribution in [3.63, 3.8) is 0 Å². The van der Waals surface area contributed by atoms with Crippen LogP contribution in [0.5, 0.6) is 0 Å². The molecule has 0 unspecified atom stereocenters. The number of hydrogen-bond donors (Lipinski definition) is 0. The molecule has 0 heterocycles. The molecule has 4 aliphatic rings. The van der Waals surface area contributed by atoms with E-state index in [1.807, 2.05) is 0 Å². The third kappa shape index (κ3) is 1.71. The Balaban J connectivity index is 1.73. The van der Waals surface area contributed by atoms with E-state index in [4.69, 9.17) is 0 Å². The van der Waals surface area contributed by atoms with Crippen LogP contribution < -0.4 is 0 Å². The van der Waals surface area contributed by atoms with Gasteiger partial charge in [0.15, 0.2) is 0 Å². The summed E-state index contributed by atoms with van der Waals surface area (Å²) < 4.78 is 0. The lowest BCUT2D eigenvalue weighted by Crippen LogP contribution is -2.57. The Bertz CT molecular complexity index is 505. The maximum Gasteiger partial charge on any atom is 0.0695 e. The fraction of sp³-hybridized carbons (Fsp3) is 0.952. The van der Waals surface area contributed by atoms with Crippen LogP contribution in [0, 0.1) is 51.2 Å². The van der Waals surface area contributed by atoms with E-state index in [0.717, 1.165) is 23.7 Å². The largest absolute Gasteiger partial charge is 0.198 e. The van der Waals surface area contributed by atoms with Gasteiger partial charge in [-0.25, -0.2) is 0 Å². The molecule has 0 aliphatic heterocycles. The third-order valence-corrected chi connectivity index (χ3v) is 9.17. The lowest BCUT2D eigenvalue weighted by Gasteiger charge is -2.63. The van der Waals surface area contributed by atoms with Gasteiger partial charge in [0.25, 0.3) is 0 Å². The molecule has 4 rings (SSSR count). The van der Waals surface area contributed by atoms with Gasteiger partial charge in [-0.1, -0.05) is 33.6 Å². The number of fused-ring (bicyclic) bond motifs is 5. The third-order valence-electron chi connectivity index (χ3n) is 9.17. The molecule has 0 saturated heterocycles. The molecular weight excluding hydrogens is 266 g/mol. The molecule has 22 heavy (non-hydrogen) atoms. The van der Waals surface area contributed by atoms with Gasteiger partial charge in [-0.15, -0.1) is 0 Å². The molecule has 1 nitrogen and oxygen atoms in total. The number of nitriles is 1. The standard InChI is InChI=1S/C21H33N/c1-15-6-11-19(2)12-8-17-16(18(15)19)7-13-21(14-22)10-5-4-9-20(17,21)3/h15-18H,4-13H2,1-3H3/t15-,16-,17-,18+,19-,20-,21-/m1/s1. The maximum absolute atomic E-state index is 10.1. The first kappa shape index (κ1) is 15.0. The van der Waals surface area contributed by atoms with Gasteiger partial charge in [0, 0.05) is 0 Å². The molecule has 0 aromatic rings. The van der Waals surface area contributed by atoms with E-state index in [-0.39, 0.29) is 5.41 Å². The first-order chi connectivity index (χ1) is 10.5. The average Bonchev–Trinajstić information content (AvgIpc) is 2.82. The zero-order valence-electron chi connectivity index (χ0n) is 14.8. The molecule has 0 spiro atoms. The van der Waals surface area contributed by atoms with Crippen LogP contribution in [0.2, 0.25) is 0 Å². The summed E-state index contributed by atoms with van der Waals surface area (Å²) in [6.45, 7) is 7.63. The summed E-state index contributed by atoms with van der Waals surface area (Å²) in [5.74, 6) is 3.61. The lowest BCUT2D eigenvalue weighted by molar-refractivity contribution is -0.137. The number of hydrogen-bond acceptors (Lipinski definition) is 1. The molecule has 4 aliphatic carbocycles. The minimum atomic E-state index is 0.0159. The van der Waals surface area contributed by atoms with Crippen LogP contribution in [0.25, 0.3) is 0 Å². The topological polar surface area (TPSA) is 23.8 Å². The van der Waals surface area contributed by atoms with E-state index in [0.29, 0.717) is 10.8 Å². The summed E-state index contributed by atoms with van der Waals surface area (Å²) in [5, 5.41) is 10.1. The van der Waals surface area contributed by atoms with Crippen molar-refractivity contribution < 1.29 is 0 Å². The normalized spacial score (nSPS) is 57.4. The summed E-state index contributed by atoms with van der Waals surface area (Å²) in [6.07, 6.45) is 13.4. The lowest BCUT2D eigenvalue weighted by atomic mass is 9.40. The molecule has 4 saturated carbocycles. The van der Waals surface area contributed by atoms with Gasteiger partial charge >= 0.3 is 0 Å². The van der Waals surface area contributed by atoms with E-state index >= 15 is 0 Å². The summed E-state index contributed by atoms with van der Waals surface area (Å²) >= 11 is 0. The van der Waals surface area contributed by atoms with Crippen LogP contribution in [-0.4, -0.2) is 0 Å². The zero-order valence-corrected chi connectivity index (χ0v) is 14.8. The Hall–Kier alpha value is -0.510. The van der Waals surface area contributed by atoms with Crippen LogP contribution in [-0.2, 0) is 0 Å². The molecule has 1 heteroatoms. The highest BCUT2D eigenvalue weighted by Gasteiger charge is 2.63. The van der Waals surface area contributed by atoms with Crippen LogP contribution in [0.1, 0.15) is 85.0 Å². The molecule has 122 valence electrons. The van der Waals surface area contributed by atoms with Gasteiger partial charge in [-0.2, -0.15) is 5.26 Å². The molecule has 0 radical (unpaired) electrons. The maximum atomic E-state index is 10.1. The minimum Gasteiger partial charge on any atom is -0.198 e. The summed E-state index contributed by atoms with van der Waals surface area (Å²) in [7, 11) is 0. The fourth-order valence-electron chi connectivity index (χ4n) is 7.99. The van der Waals surface area contributed by atoms with Gasteiger partial charge in [0.05, 0.1) is 11.5 Å². The Morgan fingerprint density at radius 2 is 1.64 bits per heavy atom. The first-order valence-corrected chi connectivity index (χ1v) is 9.87. The minimum absolute atomic E-state index is 0.0159. The Kier molecular flexibility index (Phi) is 3.25. The molecule has 7 atom stereocenters. The van der Waals surface area contributed by atoms with Gasteiger partial charge in [0.1, 0.15) is 0 Å². The van der Waals surface area contributed by atoms with E-state index in [1.165, 1.54) is 64.2 Å². The highest BCUT2D eigenvalue weighted by atomic mass is 14.7. The summed E-state index contributed by atoms with van der Waals surface area (Å²) in [4.78, 5) is 0. The Labute approximate surface area is 136 Å². The fourth-order valence-corrected chi connectivity index (χ4v) is 7.99. The molecule has 0 N–H and O–H groups in total. The first-order valence-electron chi connectivity index (χ1n) is 9.87. The van der Waals surface area contributed by atoms with Crippen molar-refractivity contribution in [2.45, 2.75) is 85.0 Å². The molecule has 0 aromatic carbocycles. The van der Waals surface area contributed by atoms with E-state index in [1.54, 1.807) is 0 Å². The SMILES string of the molecule is C[C@@H]1CC[C@]2(C)CC[C@@H]3[C@@H](CC[C@@]4(C#N)CCCC[C@]34C)[C@H]12. The van der Waals surface area contributed by atoms with Crippen molar-refractivity contribution in [1.29, 1.82) is 5.26 Å². The molecule has 0 aromatic heterocycles. The zero-order chi connectivity index (χ0) is 15.6. The van der Waals surface area contributed by atoms with E-state index in [2.05, 4.69) is 26.8 Å². The van der Waals surface area contributed by atoms with E-state index < -0.39 is 0 Å². The highest BCUT2D eigenvalue weighted by Crippen LogP contribution is 2.70. The Morgan fingerprint density at radius 3 is 2.41 bits per heavy atom. The van der Waals surface area contributed by atoms with Crippen molar-refractivity contribution in [1.82, 2.24) is 0 Å². The predicted octanol–water partition coefficient (Wildman–Crippen LogP) is 5.95. The van der Waals surface area contributed by atoms with Crippen LogP contribution in [0.15, 0.2) is 0 Å². The number of rotatable bonds is 0. The van der Waals surface area contributed by atoms with Gasteiger partial charge < -0.3 is 0 Å². The monoisotopic (exact) mass is 299 g/mol. The van der Waals surface area contributed by atoms with Crippen molar-refractivity contribution in [2.75, 3.05) is 0 Å². The van der Waals surface area contributed by atoms with Crippen molar-refractivity contribution in [3.05, 3.63) is 0 Å².